The second kappa shape index (κ2) is 8.00. The number of amides is 1. The summed E-state index contributed by atoms with van der Waals surface area (Å²) in [4.78, 5) is 25.6. The smallest absolute Gasteiger partial charge is 0.251 e. The normalized spacial score (nSPS) is 15.4. The van der Waals surface area contributed by atoms with Crippen LogP contribution in [0.1, 0.15) is 44.7 Å². The van der Waals surface area contributed by atoms with Crippen LogP contribution in [0.4, 0.5) is 0 Å². The summed E-state index contributed by atoms with van der Waals surface area (Å²) in [5.74, 6) is -0.356. The van der Waals surface area contributed by atoms with Gasteiger partial charge in [0.1, 0.15) is 0 Å². The lowest BCUT2D eigenvalue weighted by Crippen LogP contribution is -2.28. The number of nitrogens with zero attached hydrogens (tertiary/aromatic N) is 1. The molecule has 7 heteroatoms. The summed E-state index contributed by atoms with van der Waals surface area (Å²) in [6.07, 6.45) is 1.79. The zero-order valence-electron chi connectivity index (χ0n) is 17.4. The Morgan fingerprint density at radius 2 is 1.50 bits per heavy atom. The van der Waals surface area contributed by atoms with Crippen molar-refractivity contribution in [1.82, 2.24) is 9.62 Å². The highest BCUT2D eigenvalue weighted by atomic mass is 32.2. The van der Waals surface area contributed by atoms with Crippen LogP contribution in [0, 0.1) is 0 Å². The summed E-state index contributed by atoms with van der Waals surface area (Å²) in [5, 5.41) is 2.85. The molecule has 3 aromatic carbocycles. The van der Waals surface area contributed by atoms with Gasteiger partial charge in [-0.2, -0.15) is 4.31 Å². The van der Waals surface area contributed by atoms with E-state index in [1.807, 2.05) is 24.3 Å². The Morgan fingerprint density at radius 1 is 0.844 bits per heavy atom. The van der Waals surface area contributed by atoms with Crippen molar-refractivity contribution in [3.8, 4) is 11.1 Å². The summed E-state index contributed by atoms with van der Waals surface area (Å²) in [7, 11) is -3.45. The molecule has 1 N–H and O–H groups in total. The van der Waals surface area contributed by atoms with Gasteiger partial charge >= 0.3 is 0 Å². The average Bonchev–Trinajstić information content (AvgIpc) is 3.46. The van der Waals surface area contributed by atoms with E-state index in [-0.39, 0.29) is 23.1 Å². The fraction of sp³-hybridized carbons (Fsp3) is 0.200. The van der Waals surface area contributed by atoms with Crippen molar-refractivity contribution in [3.05, 3.63) is 89.0 Å². The van der Waals surface area contributed by atoms with E-state index < -0.39 is 10.0 Å². The summed E-state index contributed by atoms with van der Waals surface area (Å²) < 4.78 is 26.8. The van der Waals surface area contributed by atoms with Crippen LogP contribution >= 0.6 is 0 Å². The topological polar surface area (TPSA) is 83.6 Å². The van der Waals surface area contributed by atoms with Crippen molar-refractivity contribution >= 4 is 21.7 Å². The number of fused-ring (bicyclic) bond motifs is 3. The predicted octanol–water partition coefficient (Wildman–Crippen LogP) is 3.61. The van der Waals surface area contributed by atoms with Crippen LogP contribution < -0.4 is 5.32 Å². The molecule has 5 rings (SSSR count). The SMILES string of the molecule is O=C(NCc1ccc(S(=O)(=O)N2CCCC2)cc1)c1ccc2c(c1)C(=O)c1ccccc1-2. The van der Waals surface area contributed by atoms with Crippen LogP contribution in [-0.2, 0) is 16.6 Å². The molecule has 32 heavy (non-hydrogen) atoms. The molecule has 0 saturated carbocycles. The molecule has 1 aliphatic heterocycles. The number of ketones is 1. The van der Waals surface area contributed by atoms with Crippen LogP contribution in [0.5, 0.6) is 0 Å². The molecule has 1 amide bonds. The van der Waals surface area contributed by atoms with Gasteiger partial charge in [0.2, 0.25) is 10.0 Å². The first kappa shape index (κ1) is 20.6. The molecule has 162 valence electrons. The van der Waals surface area contributed by atoms with E-state index in [4.69, 9.17) is 0 Å². The minimum Gasteiger partial charge on any atom is -0.348 e. The fourth-order valence-electron chi connectivity index (χ4n) is 4.31. The van der Waals surface area contributed by atoms with Gasteiger partial charge in [0, 0.05) is 36.3 Å². The number of rotatable bonds is 5. The number of hydrogen-bond acceptors (Lipinski definition) is 4. The van der Waals surface area contributed by atoms with E-state index in [0.717, 1.165) is 29.5 Å². The maximum Gasteiger partial charge on any atom is 0.251 e. The van der Waals surface area contributed by atoms with Crippen LogP contribution in [0.15, 0.2) is 71.6 Å². The summed E-state index contributed by atoms with van der Waals surface area (Å²) in [6, 6.07) is 19.2. The van der Waals surface area contributed by atoms with Gasteiger partial charge in [-0.05, 0) is 53.8 Å². The number of carbonyl (C=O) groups is 2. The molecule has 1 saturated heterocycles. The van der Waals surface area contributed by atoms with Gasteiger partial charge in [-0.1, -0.05) is 42.5 Å². The Kier molecular flexibility index (Phi) is 5.15. The van der Waals surface area contributed by atoms with E-state index in [1.54, 1.807) is 42.5 Å². The fourth-order valence-corrected chi connectivity index (χ4v) is 5.83. The number of hydrogen-bond donors (Lipinski definition) is 1. The van der Waals surface area contributed by atoms with E-state index in [2.05, 4.69) is 5.32 Å². The maximum absolute atomic E-state index is 12.7. The summed E-state index contributed by atoms with van der Waals surface area (Å²) in [6.45, 7) is 1.39. The summed E-state index contributed by atoms with van der Waals surface area (Å²) >= 11 is 0. The zero-order chi connectivity index (χ0) is 22.3. The second-order valence-corrected chi connectivity index (χ2v) is 10.0. The molecule has 2 aliphatic rings. The number of benzene rings is 3. The van der Waals surface area contributed by atoms with Crippen LogP contribution in [0.3, 0.4) is 0 Å². The minimum atomic E-state index is -3.45. The van der Waals surface area contributed by atoms with E-state index in [9.17, 15) is 18.0 Å². The van der Waals surface area contributed by atoms with Gasteiger partial charge in [-0.15, -0.1) is 0 Å². The lowest BCUT2D eigenvalue weighted by atomic mass is 10.0. The van der Waals surface area contributed by atoms with Crippen molar-refractivity contribution in [2.75, 3.05) is 13.1 Å². The first-order valence-electron chi connectivity index (χ1n) is 10.6. The minimum absolute atomic E-state index is 0.0694. The van der Waals surface area contributed by atoms with E-state index >= 15 is 0 Å². The van der Waals surface area contributed by atoms with Crippen LogP contribution in [0.2, 0.25) is 0 Å². The van der Waals surface area contributed by atoms with Gasteiger partial charge in [0.15, 0.2) is 5.78 Å². The standard InChI is InChI=1S/C25H22N2O4S/c28-24-22-6-2-1-5-20(22)21-12-9-18(15-23(21)24)25(29)26-16-17-7-10-19(11-8-17)32(30,31)27-13-3-4-14-27/h1-2,5-12,15H,3-4,13-14,16H2,(H,26,29). The lowest BCUT2D eigenvalue weighted by Gasteiger charge is -2.15. The van der Waals surface area contributed by atoms with Crippen molar-refractivity contribution in [1.29, 1.82) is 0 Å². The van der Waals surface area contributed by atoms with E-state index in [0.29, 0.717) is 29.8 Å². The number of nitrogens with one attached hydrogen (secondary N) is 1. The number of carbonyl (C=O) groups excluding carboxylic acids is 2. The third-order valence-electron chi connectivity index (χ3n) is 6.07. The molecule has 3 aromatic rings. The Bertz CT molecular complexity index is 1320. The second-order valence-electron chi connectivity index (χ2n) is 8.07. The lowest BCUT2D eigenvalue weighted by molar-refractivity contribution is 0.0951. The third kappa shape index (κ3) is 3.53. The molecule has 0 aromatic heterocycles. The highest BCUT2D eigenvalue weighted by Crippen LogP contribution is 2.36. The molecule has 0 bridgehead atoms. The Balaban J connectivity index is 1.27. The quantitative estimate of drug-likeness (QED) is 0.508. The Labute approximate surface area is 186 Å². The van der Waals surface area contributed by atoms with E-state index in [1.165, 1.54) is 4.31 Å². The third-order valence-corrected chi connectivity index (χ3v) is 7.98. The van der Waals surface area contributed by atoms with Crippen LogP contribution in [-0.4, -0.2) is 37.5 Å². The van der Waals surface area contributed by atoms with Crippen molar-refractivity contribution in [2.24, 2.45) is 0 Å². The molecule has 0 spiro atoms. The Morgan fingerprint density at radius 3 is 2.22 bits per heavy atom. The molecular formula is C25H22N2O4S. The summed E-state index contributed by atoms with van der Waals surface area (Å²) in [5.41, 5.74) is 4.14. The van der Waals surface area contributed by atoms with Crippen molar-refractivity contribution < 1.29 is 18.0 Å². The van der Waals surface area contributed by atoms with Gasteiger partial charge in [0.25, 0.3) is 5.91 Å². The first-order chi connectivity index (χ1) is 15.4. The predicted molar refractivity (Wildman–Crippen MR) is 121 cm³/mol. The largest absolute Gasteiger partial charge is 0.348 e. The molecule has 0 unspecified atom stereocenters. The van der Waals surface area contributed by atoms with Gasteiger partial charge < -0.3 is 5.32 Å². The zero-order valence-corrected chi connectivity index (χ0v) is 18.2. The van der Waals surface area contributed by atoms with Gasteiger partial charge in [-0.25, -0.2) is 8.42 Å². The highest BCUT2D eigenvalue weighted by Gasteiger charge is 2.28. The van der Waals surface area contributed by atoms with Gasteiger partial charge in [0.05, 0.1) is 4.90 Å². The van der Waals surface area contributed by atoms with Crippen molar-refractivity contribution in [2.45, 2.75) is 24.3 Å². The maximum atomic E-state index is 12.7. The molecular weight excluding hydrogens is 424 g/mol. The van der Waals surface area contributed by atoms with Crippen molar-refractivity contribution in [3.63, 3.8) is 0 Å². The highest BCUT2D eigenvalue weighted by molar-refractivity contribution is 7.89. The molecule has 1 heterocycles. The Hall–Kier alpha value is -3.29. The number of sulfonamides is 1. The first-order valence-corrected chi connectivity index (χ1v) is 12.0. The van der Waals surface area contributed by atoms with Crippen LogP contribution in [0.25, 0.3) is 11.1 Å². The average molecular weight is 447 g/mol. The van der Waals surface area contributed by atoms with Gasteiger partial charge in [-0.3, -0.25) is 9.59 Å². The molecule has 0 radical (unpaired) electrons. The monoisotopic (exact) mass is 446 g/mol. The molecule has 0 atom stereocenters. The molecule has 1 fully saturated rings. The molecule has 6 nitrogen and oxygen atoms in total. The molecule has 1 aliphatic carbocycles.